The van der Waals surface area contributed by atoms with Crippen LogP contribution in [0.25, 0.3) is 6.08 Å². The summed E-state index contributed by atoms with van der Waals surface area (Å²) in [6, 6.07) is 11.5. The molecular formula is C25H25FN2O5S. The number of ether oxygens (including phenoxy) is 2. The molecule has 0 bridgehead atoms. The van der Waals surface area contributed by atoms with Gasteiger partial charge in [0.25, 0.3) is 11.1 Å². The van der Waals surface area contributed by atoms with E-state index in [0.29, 0.717) is 42.3 Å². The molecular weight excluding hydrogens is 459 g/mol. The number of halogens is 1. The van der Waals surface area contributed by atoms with E-state index in [9.17, 15) is 18.8 Å². The molecule has 0 unspecified atom stereocenters. The molecule has 0 saturated carbocycles. The molecule has 2 fully saturated rings. The van der Waals surface area contributed by atoms with Gasteiger partial charge >= 0.3 is 0 Å². The molecule has 0 aromatic heterocycles. The summed E-state index contributed by atoms with van der Waals surface area (Å²) in [4.78, 5) is 40.5. The van der Waals surface area contributed by atoms with Crippen LogP contribution >= 0.6 is 11.8 Å². The number of carbonyl (C=O) groups excluding carboxylic acids is 3. The van der Waals surface area contributed by atoms with Crippen molar-refractivity contribution in [2.24, 2.45) is 0 Å². The molecule has 2 aromatic carbocycles. The molecule has 0 N–H and O–H groups in total. The molecule has 3 amide bonds. The third-order valence-corrected chi connectivity index (χ3v) is 6.44. The van der Waals surface area contributed by atoms with E-state index >= 15 is 0 Å². The molecule has 2 aliphatic heterocycles. The zero-order valence-electron chi connectivity index (χ0n) is 18.8. The highest BCUT2D eigenvalue weighted by atomic mass is 32.2. The van der Waals surface area contributed by atoms with Gasteiger partial charge < -0.3 is 14.4 Å². The highest BCUT2D eigenvalue weighted by Crippen LogP contribution is 2.35. The molecule has 0 atom stereocenters. The summed E-state index contributed by atoms with van der Waals surface area (Å²) in [5.74, 6) is -0.171. The van der Waals surface area contributed by atoms with E-state index in [1.165, 1.54) is 6.07 Å². The van der Waals surface area contributed by atoms with Gasteiger partial charge in [0, 0.05) is 18.7 Å². The lowest BCUT2D eigenvalue weighted by atomic mass is 10.1. The molecule has 2 aliphatic rings. The first kappa shape index (κ1) is 23.8. The van der Waals surface area contributed by atoms with Crippen LogP contribution in [0.1, 0.15) is 30.9 Å². The number of amides is 3. The zero-order chi connectivity index (χ0) is 24.1. The molecule has 2 saturated heterocycles. The molecule has 0 radical (unpaired) electrons. The number of carbonyl (C=O) groups is 3. The maximum Gasteiger partial charge on any atom is 0.294 e. The number of hydrogen-bond acceptors (Lipinski definition) is 6. The Hall–Kier alpha value is -3.33. The fraction of sp³-hybridized carbons (Fsp3) is 0.320. The van der Waals surface area contributed by atoms with Gasteiger partial charge in [-0.25, -0.2) is 4.39 Å². The van der Waals surface area contributed by atoms with E-state index in [1.807, 2.05) is 6.92 Å². The number of thioether (sulfide) groups is 1. The van der Waals surface area contributed by atoms with Crippen LogP contribution in [0.2, 0.25) is 0 Å². The first-order chi connectivity index (χ1) is 16.5. The van der Waals surface area contributed by atoms with Crippen molar-refractivity contribution in [3.8, 4) is 11.5 Å². The van der Waals surface area contributed by atoms with E-state index in [4.69, 9.17) is 9.47 Å². The van der Waals surface area contributed by atoms with Crippen molar-refractivity contribution in [3.63, 3.8) is 0 Å². The van der Waals surface area contributed by atoms with E-state index in [0.717, 1.165) is 29.5 Å². The standard InChI is InChI=1S/C25H25FN2O5S/c1-2-32-21-13-17(9-10-20(21)33-16-18-7-3-4-8-19(18)26)14-22-24(30)28(25(31)34-22)15-23(29)27-11-5-6-12-27/h3-4,7-10,13-14H,2,5-6,11-12,15-16H2,1H3/b22-14+. The fourth-order valence-corrected chi connectivity index (χ4v) is 4.60. The number of rotatable bonds is 8. The second-order valence-electron chi connectivity index (χ2n) is 7.88. The molecule has 178 valence electrons. The molecule has 34 heavy (non-hydrogen) atoms. The maximum atomic E-state index is 13.9. The Morgan fingerprint density at radius 1 is 1.09 bits per heavy atom. The van der Waals surface area contributed by atoms with Crippen molar-refractivity contribution in [1.29, 1.82) is 0 Å². The largest absolute Gasteiger partial charge is 0.490 e. The second-order valence-corrected chi connectivity index (χ2v) is 8.87. The SMILES string of the molecule is CCOc1cc(/C=C2/SC(=O)N(CC(=O)N3CCCC3)C2=O)ccc1OCc1ccccc1F. The highest BCUT2D eigenvalue weighted by molar-refractivity contribution is 8.18. The van der Waals surface area contributed by atoms with Gasteiger partial charge in [-0.15, -0.1) is 0 Å². The number of nitrogens with zero attached hydrogens (tertiary/aromatic N) is 2. The molecule has 2 heterocycles. The van der Waals surface area contributed by atoms with Crippen LogP contribution in [-0.4, -0.2) is 53.1 Å². The minimum Gasteiger partial charge on any atom is -0.490 e. The summed E-state index contributed by atoms with van der Waals surface area (Å²) < 4.78 is 25.3. The average Bonchev–Trinajstić information content (AvgIpc) is 3.45. The molecule has 2 aromatic rings. The first-order valence-electron chi connectivity index (χ1n) is 11.1. The summed E-state index contributed by atoms with van der Waals surface area (Å²) in [6.07, 6.45) is 3.47. The molecule has 9 heteroatoms. The van der Waals surface area contributed by atoms with Gasteiger partial charge in [-0.3, -0.25) is 19.3 Å². The van der Waals surface area contributed by atoms with Gasteiger partial charge in [0.15, 0.2) is 11.5 Å². The summed E-state index contributed by atoms with van der Waals surface area (Å²) >= 11 is 0.808. The zero-order valence-corrected chi connectivity index (χ0v) is 19.6. The van der Waals surface area contributed by atoms with Crippen LogP contribution in [0.15, 0.2) is 47.4 Å². The predicted molar refractivity (Wildman–Crippen MR) is 127 cm³/mol. The summed E-state index contributed by atoms with van der Waals surface area (Å²) in [7, 11) is 0. The Bertz CT molecular complexity index is 1130. The summed E-state index contributed by atoms with van der Waals surface area (Å²) in [6.45, 7) is 3.34. The van der Waals surface area contributed by atoms with E-state index in [2.05, 4.69) is 0 Å². The Kier molecular flexibility index (Phi) is 7.52. The van der Waals surface area contributed by atoms with Crippen molar-refractivity contribution in [3.05, 3.63) is 64.3 Å². The lowest BCUT2D eigenvalue weighted by Gasteiger charge is -2.18. The third-order valence-electron chi connectivity index (χ3n) is 5.53. The number of imide groups is 1. The molecule has 7 nitrogen and oxygen atoms in total. The minimum absolute atomic E-state index is 0.0377. The second kappa shape index (κ2) is 10.7. The number of hydrogen-bond donors (Lipinski definition) is 0. The van der Waals surface area contributed by atoms with Gasteiger partial charge in [-0.1, -0.05) is 24.3 Å². The molecule has 0 spiro atoms. The van der Waals surface area contributed by atoms with Crippen LogP contribution < -0.4 is 9.47 Å². The van der Waals surface area contributed by atoms with Gasteiger partial charge in [-0.2, -0.15) is 0 Å². The van der Waals surface area contributed by atoms with Gasteiger partial charge in [0.2, 0.25) is 5.91 Å². The molecule has 0 aliphatic carbocycles. The first-order valence-corrected chi connectivity index (χ1v) is 11.9. The van der Waals surface area contributed by atoms with Crippen LogP contribution in [0.5, 0.6) is 11.5 Å². The van der Waals surface area contributed by atoms with Crippen molar-refractivity contribution < 1.29 is 28.2 Å². The highest BCUT2D eigenvalue weighted by Gasteiger charge is 2.37. The van der Waals surface area contributed by atoms with Crippen LogP contribution in [0.3, 0.4) is 0 Å². The van der Waals surface area contributed by atoms with Crippen LogP contribution in [0.4, 0.5) is 9.18 Å². The monoisotopic (exact) mass is 484 g/mol. The van der Waals surface area contributed by atoms with E-state index < -0.39 is 11.1 Å². The Morgan fingerprint density at radius 3 is 2.59 bits per heavy atom. The number of benzene rings is 2. The van der Waals surface area contributed by atoms with Crippen molar-refractivity contribution in [2.45, 2.75) is 26.4 Å². The quantitative estimate of drug-likeness (QED) is 0.515. The fourth-order valence-electron chi connectivity index (χ4n) is 3.76. The lowest BCUT2D eigenvalue weighted by molar-refractivity contribution is -0.135. The Labute approximate surface area is 201 Å². The van der Waals surface area contributed by atoms with Crippen molar-refractivity contribution >= 4 is 34.9 Å². The smallest absolute Gasteiger partial charge is 0.294 e. The number of likely N-dealkylation sites (tertiary alicyclic amines) is 1. The van der Waals surface area contributed by atoms with Crippen LogP contribution in [-0.2, 0) is 16.2 Å². The predicted octanol–water partition coefficient (Wildman–Crippen LogP) is 4.46. The Balaban J connectivity index is 1.47. The van der Waals surface area contributed by atoms with Crippen molar-refractivity contribution in [1.82, 2.24) is 9.80 Å². The third kappa shape index (κ3) is 5.41. The average molecular weight is 485 g/mol. The lowest BCUT2D eigenvalue weighted by Crippen LogP contribution is -2.40. The minimum atomic E-state index is -0.486. The summed E-state index contributed by atoms with van der Waals surface area (Å²) in [5.41, 5.74) is 1.06. The maximum absolute atomic E-state index is 13.9. The normalized spacial score (nSPS) is 17.1. The van der Waals surface area contributed by atoms with E-state index in [-0.39, 0.29) is 29.8 Å². The topological polar surface area (TPSA) is 76.2 Å². The van der Waals surface area contributed by atoms with Gasteiger partial charge in [0.1, 0.15) is 19.0 Å². The van der Waals surface area contributed by atoms with Gasteiger partial charge in [0.05, 0.1) is 11.5 Å². The Morgan fingerprint density at radius 2 is 1.85 bits per heavy atom. The summed E-state index contributed by atoms with van der Waals surface area (Å²) in [5, 5.41) is -0.460. The van der Waals surface area contributed by atoms with Gasteiger partial charge in [-0.05, 0) is 61.4 Å². The van der Waals surface area contributed by atoms with E-state index in [1.54, 1.807) is 47.4 Å². The van der Waals surface area contributed by atoms with Crippen molar-refractivity contribution in [2.75, 3.05) is 26.2 Å². The molecule has 4 rings (SSSR count). The van der Waals surface area contributed by atoms with Crippen LogP contribution in [0, 0.1) is 5.82 Å².